The van der Waals surface area contributed by atoms with Crippen LogP contribution in [-0.2, 0) is 11.3 Å². The smallest absolute Gasteiger partial charge is 0.257 e. The average molecular weight is 362 g/mol. The number of benzene rings is 1. The monoisotopic (exact) mass is 361 g/mol. The van der Waals surface area contributed by atoms with E-state index in [0.717, 1.165) is 17.0 Å². The van der Waals surface area contributed by atoms with Gasteiger partial charge in [0.25, 0.3) is 5.91 Å². The third kappa shape index (κ3) is 3.72. The van der Waals surface area contributed by atoms with E-state index in [1.54, 1.807) is 0 Å². The number of carbonyl (C=O) groups is 1. The fraction of sp³-hybridized carbons (Fsp3) is 0.474. The molecule has 3 rings (SSSR count). The second-order valence-corrected chi connectivity index (χ2v) is 7.17. The largest absolute Gasteiger partial charge is 0.372 e. The maximum atomic E-state index is 13.1. The molecule has 25 heavy (non-hydrogen) atoms. The number of hydrogen-bond donors (Lipinski definition) is 0. The molecular weight excluding hydrogens is 338 g/mol. The third-order valence-electron chi connectivity index (χ3n) is 4.58. The molecule has 0 N–H and O–H groups in total. The Labute approximate surface area is 153 Å². The normalized spacial score (nSPS) is 20.8. The fourth-order valence-corrected chi connectivity index (χ4v) is 3.65. The van der Waals surface area contributed by atoms with Gasteiger partial charge in [0, 0.05) is 23.8 Å². The van der Waals surface area contributed by atoms with Gasteiger partial charge in [-0.3, -0.25) is 9.48 Å². The number of hydrogen-bond acceptors (Lipinski definition) is 3. The quantitative estimate of drug-likeness (QED) is 0.841. The molecule has 1 amide bonds. The Morgan fingerprint density at radius 1 is 1.24 bits per heavy atom. The van der Waals surface area contributed by atoms with Crippen LogP contribution in [-0.4, -0.2) is 45.9 Å². The SMILES string of the molecule is Cc1nn(Cc2ccccc2Cl)c(C)c1C(=O)N1CC(C)OC(C)C1. The van der Waals surface area contributed by atoms with Gasteiger partial charge in [0.15, 0.2) is 0 Å². The highest BCUT2D eigenvalue weighted by molar-refractivity contribution is 6.31. The molecule has 2 atom stereocenters. The number of halogens is 1. The molecule has 1 aromatic heterocycles. The van der Waals surface area contributed by atoms with Crippen LogP contribution in [0.15, 0.2) is 24.3 Å². The van der Waals surface area contributed by atoms with Crippen molar-refractivity contribution < 1.29 is 9.53 Å². The lowest BCUT2D eigenvalue weighted by Crippen LogP contribution is -2.48. The molecule has 2 heterocycles. The number of amides is 1. The molecule has 5 nitrogen and oxygen atoms in total. The zero-order chi connectivity index (χ0) is 18.1. The van der Waals surface area contributed by atoms with Gasteiger partial charge >= 0.3 is 0 Å². The van der Waals surface area contributed by atoms with E-state index in [0.29, 0.717) is 30.2 Å². The number of ether oxygens (including phenoxy) is 1. The minimum absolute atomic E-state index is 0.0300. The lowest BCUT2D eigenvalue weighted by molar-refractivity contribution is -0.0586. The highest BCUT2D eigenvalue weighted by Gasteiger charge is 2.30. The Hall–Kier alpha value is -1.85. The van der Waals surface area contributed by atoms with E-state index >= 15 is 0 Å². The van der Waals surface area contributed by atoms with Crippen LogP contribution in [0.4, 0.5) is 0 Å². The van der Waals surface area contributed by atoms with Crippen LogP contribution in [0.3, 0.4) is 0 Å². The van der Waals surface area contributed by atoms with E-state index in [2.05, 4.69) is 5.10 Å². The number of morpholine rings is 1. The summed E-state index contributed by atoms with van der Waals surface area (Å²) in [5.74, 6) is 0.0300. The Morgan fingerprint density at radius 3 is 2.52 bits per heavy atom. The van der Waals surface area contributed by atoms with E-state index in [1.165, 1.54) is 0 Å². The van der Waals surface area contributed by atoms with Crippen molar-refractivity contribution in [3.63, 3.8) is 0 Å². The fourth-order valence-electron chi connectivity index (χ4n) is 3.45. The first kappa shape index (κ1) is 18.0. The maximum Gasteiger partial charge on any atom is 0.257 e. The van der Waals surface area contributed by atoms with E-state index in [4.69, 9.17) is 16.3 Å². The summed E-state index contributed by atoms with van der Waals surface area (Å²) in [6.07, 6.45) is 0.0953. The van der Waals surface area contributed by atoms with Crippen molar-refractivity contribution in [1.82, 2.24) is 14.7 Å². The Bertz CT molecular complexity index is 777. The summed E-state index contributed by atoms with van der Waals surface area (Å²) in [5.41, 5.74) is 3.30. The van der Waals surface area contributed by atoms with Crippen LogP contribution in [0.2, 0.25) is 5.02 Å². The van der Waals surface area contributed by atoms with Crippen LogP contribution < -0.4 is 0 Å². The molecule has 0 bridgehead atoms. The molecule has 1 saturated heterocycles. The van der Waals surface area contributed by atoms with Gasteiger partial charge in [-0.15, -0.1) is 0 Å². The minimum atomic E-state index is 0.0300. The van der Waals surface area contributed by atoms with Crippen molar-refractivity contribution in [2.45, 2.75) is 46.4 Å². The Balaban J connectivity index is 1.87. The summed E-state index contributed by atoms with van der Waals surface area (Å²) in [5, 5.41) is 5.29. The lowest BCUT2D eigenvalue weighted by atomic mass is 10.1. The molecule has 6 heteroatoms. The zero-order valence-electron chi connectivity index (χ0n) is 15.1. The zero-order valence-corrected chi connectivity index (χ0v) is 15.9. The van der Waals surface area contributed by atoms with Crippen molar-refractivity contribution in [2.75, 3.05) is 13.1 Å². The summed E-state index contributed by atoms with van der Waals surface area (Å²) in [6.45, 7) is 9.59. The van der Waals surface area contributed by atoms with E-state index in [9.17, 15) is 4.79 Å². The number of nitrogens with zero attached hydrogens (tertiary/aromatic N) is 3. The van der Waals surface area contributed by atoms with Crippen LogP contribution in [0.1, 0.15) is 41.2 Å². The Kier molecular flexibility index (Phi) is 5.16. The first-order chi connectivity index (χ1) is 11.9. The summed E-state index contributed by atoms with van der Waals surface area (Å²) in [4.78, 5) is 14.9. The van der Waals surface area contributed by atoms with Crippen molar-refractivity contribution in [3.8, 4) is 0 Å². The van der Waals surface area contributed by atoms with Gasteiger partial charge < -0.3 is 9.64 Å². The second-order valence-electron chi connectivity index (χ2n) is 6.76. The maximum absolute atomic E-state index is 13.1. The highest BCUT2D eigenvalue weighted by Crippen LogP contribution is 2.22. The van der Waals surface area contributed by atoms with Crippen LogP contribution in [0.25, 0.3) is 0 Å². The molecular formula is C19H24ClN3O2. The molecule has 1 aromatic carbocycles. The second kappa shape index (κ2) is 7.18. The van der Waals surface area contributed by atoms with Gasteiger partial charge in [-0.2, -0.15) is 5.10 Å². The summed E-state index contributed by atoms with van der Waals surface area (Å²) in [7, 11) is 0. The van der Waals surface area contributed by atoms with Crippen LogP contribution >= 0.6 is 11.6 Å². The van der Waals surface area contributed by atoms with E-state index in [1.807, 2.05) is 61.5 Å². The van der Waals surface area contributed by atoms with Gasteiger partial charge in [0.2, 0.25) is 0 Å². The first-order valence-corrected chi connectivity index (χ1v) is 8.96. The molecule has 2 aromatic rings. The average Bonchev–Trinajstić information content (AvgIpc) is 2.82. The molecule has 0 saturated carbocycles. The van der Waals surface area contributed by atoms with Crippen molar-refractivity contribution >= 4 is 17.5 Å². The predicted octanol–water partition coefficient (Wildman–Crippen LogP) is 3.45. The number of aromatic nitrogens is 2. The predicted molar refractivity (Wildman–Crippen MR) is 98.2 cm³/mol. The van der Waals surface area contributed by atoms with Gasteiger partial charge in [-0.05, 0) is 39.3 Å². The molecule has 134 valence electrons. The standard InChI is InChI=1S/C19H24ClN3O2/c1-12-9-22(10-13(2)25-12)19(24)18-14(3)21-23(15(18)4)11-16-7-5-6-8-17(16)20/h5-8,12-13H,9-11H2,1-4H3. The number of carbonyl (C=O) groups excluding carboxylic acids is 1. The number of rotatable bonds is 3. The molecule has 0 spiro atoms. The van der Waals surface area contributed by atoms with Crippen molar-refractivity contribution in [1.29, 1.82) is 0 Å². The summed E-state index contributed by atoms with van der Waals surface area (Å²) < 4.78 is 7.59. The van der Waals surface area contributed by atoms with Gasteiger partial charge in [0.1, 0.15) is 0 Å². The minimum Gasteiger partial charge on any atom is -0.372 e. The van der Waals surface area contributed by atoms with Gasteiger partial charge in [0.05, 0.1) is 30.0 Å². The van der Waals surface area contributed by atoms with E-state index < -0.39 is 0 Å². The number of aryl methyl sites for hydroxylation is 1. The van der Waals surface area contributed by atoms with Crippen molar-refractivity contribution in [3.05, 3.63) is 51.8 Å². The molecule has 1 aliphatic heterocycles. The highest BCUT2D eigenvalue weighted by atomic mass is 35.5. The molecule has 2 unspecified atom stereocenters. The molecule has 1 fully saturated rings. The summed E-state index contributed by atoms with van der Waals surface area (Å²) in [6, 6.07) is 7.70. The molecule has 0 radical (unpaired) electrons. The van der Waals surface area contributed by atoms with Crippen LogP contribution in [0.5, 0.6) is 0 Å². The van der Waals surface area contributed by atoms with Crippen molar-refractivity contribution in [2.24, 2.45) is 0 Å². The topological polar surface area (TPSA) is 47.4 Å². The Morgan fingerprint density at radius 2 is 1.88 bits per heavy atom. The van der Waals surface area contributed by atoms with Gasteiger partial charge in [-0.1, -0.05) is 29.8 Å². The van der Waals surface area contributed by atoms with E-state index in [-0.39, 0.29) is 18.1 Å². The molecule has 1 aliphatic rings. The molecule has 0 aliphatic carbocycles. The lowest BCUT2D eigenvalue weighted by Gasteiger charge is -2.35. The third-order valence-corrected chi connectivity index (χ3v) is 4.95. The first-order valence-electron chi connectivity index (χ1n) is 8.59. The summed E-state index contributed by atoms with van der Waals surface area (Å²) >= 11 is 6.26. The van der Waals surface area contributed by atoms with Crippen LogP contribution in [0, 0.1) is 13.8 Å². The van der Waals surface area contributed by atoms with Gasteiger partial charge in [-0.25, -0.2) is 0 Å².